The van der Waals surface area contributed by atoms with Gasteiger partial charge in [-0.05, 0) is 92.6 Å². The molecule has 2 N–H and O–H groups in total. The Morgan fingerprint density at radius 2 is 0.889 bits per heavy atom. The maximum absolute atomic E-state index is 9.50. The lowest BCUT2D eigenvalue weighted by Gasteiger charge is -2.26. The Bertz CT molecular complexity index is 1260. The molecule has 0 amide bonds. The van der Waals surface area contributed by atoms with Crippen molar-refractivity contribution in [2.24, 2.45) is 0 Å². The van der Waals surface area contributed by atoms with Gasteiger partial charge in [0.15, 0.2) is 12.6 Å². The topological polar surface area (TPSA) is 62.2 Å². The number of benzene rings is 4. The van der Waals surface area contributed by atoms with E-state index in [0.29, 0.717) is 11.5 Å². The fraction of sp³-hybridized carbons (Fsp3) is 0.161. The van der Waals surface area contributed by atoms with Gasteiger partial charge in [0.05, 0.1) is 0 Å². The molecule has 0 saturated heterocycles. The van der Waals surface area contributed by atoms with Gasteiger partial charge in [-0.15, -0.1) is 0 Å². The summed E-state index contributed by atoms with van der Waals surface area (Å²) in [6, 6.07) is 32.0. The quantitative estimate of drug-likeness (QED) is 0.198. The molecular weight excluding hydrogens is 450 g/mol. The Hall–Kier alpha value is -4.06. The molecule has 4 aromatic carbocycles. The van der Waals surface area contributed by atoms with Crippen LogP contribution in [0.4, 0.5) is 17.1 Å². The van der Waals surface area contributed by atoms with E-state index in [2.05, 4.69) is 66.4 Å². The second kappa shape index (κ2) is 11.6. The van der Waals surface area contributed by atoms with Crippen molar-refractivity contribution in [2.75, 3.05) is 4.90 Å². The number of aliphatic hydroxyl groups is 2. The molecule has 0 saturated carbocycles. The second-order valence-corrected chi connectivity index (χ2v) is 8.59. The van der Waals surface area contributed by atoms with Crippen molar-refractivity contribution in [3.8, 4) is 11.5 Å². The van der Waals surface area contributed by atoms with Gasteiger partial charge in [0.1, 0.15) is 11.5 Å². The van der Waals surface area contributed by atoms with Gasteiger partial charge in [-0.1, -0.05) is 54.1 Å². The first-order chi connectivity index (χ1) is 17.4. The van der Waals surface area contributed by atoms with Crippen LogP contribution in [0.15, 0.2) is 97.1 Å². The van der Waals surface area contributed by atoms with Crippen LogP contribution in [0.1, 0.15) is 30.5 Å². The minimum Gasteiger partial charge on any atom is -0.465 e. The molecule has 0 aliphatic heterocycles. The Balaban J connectivity index is 1.56. The highest BCUT2D eigenvalue weighted by Crippen LogP contribution is 2.35. The van der Waals surface area contributed by atoms with E-state index >= 15 is 0 Å². The molecule has 4 aromatic rings. The van der Waals surface area contributed by atoms with Crippen LogP contribution in [0.25, 0.3) is 12.2 Å². The van der Waals surface area contributed by atoms with Crippen LogP contribution in [-0.4, -0.2) is 22.8 Å². The summed E-state index contributed by atoms with van der Waals surface area (Å²) in [6.07, 6.45) is 2.41. The van der Waals surface area contributed by atoms with Crippen LogP contribution in [0.3, 0.4) is 0 Å². The van der Waals surface area contributed by atoms with Gasteiger partial charge in [0.25, 0.3) is 0 Å². The molecule has 4 rings (SSSR count). The Kier molecular flexibility index (Phi) is 8.06. The van der Waals surface area contributed by atoms with Gasteiger partial charge in [0, 0.05) is 17.1 Å². The maximum atomic E-state index is 9.50. The standard InChI is InChI=1S/C31H31NO4/c1-22-4-12-27(13-5-22)32(29-16-20-31(21-17-29)36-24(3)34)28-14-8-25(9-15-28)6-7-26-10-18-30(19-11-26)35-23(2)33/h4-21,23-24,33-34H,1-3H3. The molecule has 36 heavy (non-hydrogen) atoms. The average Bonchev–Trinajstić information content (AvgIpc) is 2.86. The third-order valence-corrected chi connectivity index (χ3v) is 5.50. The third kappa shape index (κ3) is 6.75. The SMILES string of the molecule is Cc1ccc(N(c2ccc(C=Cc3ccc(OC(C)O)cc3)cc2)c2ccc(OC(C)O)cc2)cc1. The van der Waals surface area contributed by atoms with E-state index in [9.17, 15) is 10.2 Å². The largest absolute Gasteiger partial charge is 0.465 e. The number of anilines is 3. The lowest BCUT2D eigenvalue weighted by Crippen LogP contribution is -2.11. The van der Waals surface area contributed by atoms with Gasteiger partial charge in [0.2, 0.25) is 0 Å². The summed E-state index contributed by atoms with van der Waals surface area (Å²) >= 11 is 0. The highest BCUT2D eigenvalue weighted by atomic mass is 16.6. The lowest BCUT2D eigenvalue weighted by molar-refractivity contribution is -0.000875. The fourth-order valence-electron chi connectivity index (χ4n) is 3.79. The van der Waals surface area contributed by atoms with E-state index < -0.39 is 12.6 Å². The minimum absolute atomic E-state index is 0.614. The number of hydrogen-bond acceptors (Lipinski definition) is 5. The maximum Gasteiger partial charge on any atom is 0.194 e. The van der Waals surface area contributed by atoms with Crippen LogP contribution in [0.2, 0.25) is 0 Å². The van der Waals surface area contributed by atoms with E-state index in [1.165, 1.54) is 5.56 Å². The first-order valence-corrected chi connectivity index (χ1v) is 11.9. The van der Waals surface area contributed by atoms with Crippen LogP contribution >= 0.6 is 0 Å². The average molecular weight is 482 g/mol. The molecule has 2 unspecified atom stereocenters. The highest BCUT2D eigenvalue weighted by Gasteiger charge is 2.13. The lowest BCUT2D eigenvalue weighted by atomic mass is 10.1. The smallest absolute Gasteiger partial charge is 0.194 e. The zero-order valence-electron chi connectivity index (χ0n) is 20.7. The molecule has 0 aliphatic carbocycles. The van der Waals surface area contributed by atoms with E-state index in [1.54, 1.807) is 13.8 Å². The molecule has 184 valence electrons. The fourth-order valence-corrected chi connectivity index (χ4v) is 3.79. The molecule has 0 aliphatic rings. The van der Waals surface area contributed by atoms with E-state index in [0.717, 1.165) is 28.2 Å². The molecule has 0 bridgehead atoms. The Labute approximate surface area is 212 Å². The Morgan fingerprint density at radius 3 is 1.31 bits per heavy atom. The van der Waals surface area contributed by atoms with E-state index in [4.69, 9.17) is 9.47 Å². The van der Waals surface area contributed by atoms with Crippen LogP contribution in [0, 0.1) is 6.92 Å². The monoisotopic (exact) mass is 481 g/mol. The molecule has 5 nitrogen and oxygen atoms in total. The summed E-state index contributed by atoms with van der Waals surface area (Å²) in [5.41, 5.74) is 6.38. The van der Waals surface area contributed by atoms with Crippen LogP contribution in [0.5, 0.6) is 11.5 Å². The van der Waals surface area contributed by atoms with Gasteiger partial charge in [-0.2, -0.15) is 0 Å². The summed E-state index contributed by atoms with van der Waals surface area (Å²) in [4.78, 5) is 2.18. The molecule has 0 aromatic heterocycles. The minimum atomic E-state index is -0.861. The first kappa shape index (κ1) is 25.0. The second-order valence-electron chi connectivity index (χ2n) is 8.59. The number of hydrogen-bond donors (Lipinski definition) is 2. The molecule has 5 heteroatoms. The molecule has 0 radical (unpaired) electrons. The van der Waals surface area contributed by atoms with E-state index in [1.807, 2.05) is 54.6 Å². The Morgan fingerprint density at radius 1 is 0.556 bits per heavy atom. The molecule has 0 fully saturated rings. The zero-order valence-corrected chi connectivity index (χ0v) is 20.7. The number of aryl methyl sites for hydroxylation is 1. The summed E-state index contributed by atoms with van der Waals surface area (Å²) < 4.78 is 10.7. The van der Waals surface area contributed by atoms with Gasteiger partial charge in [-0.3, -0.25) is 0 Å². The van der Waals surface area contributed by atoms with Crippen molar-refractivity contribution in [1.29, 1.82) is 0 Å². The summed E-state index contributed by atoms with van der Waals surface area (Å²) in [5, 5.41) is 18.8. The molecule has 0 heterocycles. The van der Waals surface area contributed by atoms with Crippen LogP contribution in [-0.2, 0) is 0 Å². The molecule has 0 spiro atoms. The zero-order chi connectivity index (χ0) is 25.5. The normalized spacial score (nSPS) is 12.8. The van der Waals surface area contributed by atoms with Crippen LogP contribution < -0.4 is 14.4 Å². The molecular formula is C31H31NO4. The molecule has 2 atom stereocenters. The van der Waals surface area contributed by atoms with Crippen molar-refractivity contribution in [3.05, 3.63) is 114 Å². The van der Waals surface area contributed by atoms with E-state index in [-0.39, 0.29) is 0 Å². The van der Waals surface area contributed by atoms with Crippen molar-refractivity contribution < 1.29 is 19.7 Å². The van der Waals surface area contributed by atoms with Gasteiger partial charge >= 0.3 is 0 Å². The van der Waals surface area contributed by atoms with Crippen molar-refractivity contribution >= 4 is 29.2 Å². The number of aliphatic hydroxyl groups excluding tert-OH is 2. The van der Waals surface area contributed by atoms with Crippen molar-refractivity contribution in [2.45, 2.75) is 33.4 Å². The third-order valence-electron chi connectivity index (χ3n) is 5.50. The summed E-state index contributed by atoms with van der Waals surface area (Å²) in [5.74, 6) is 1.25. The predicted octanol–water partition coefficient (Wildman–Crippen LogP) is 7.07. The number of ether oxygens (including phenoxy) is 2. The number of nitrogens with zero attached hydrogens (tertiary/aromatic N) is 1. The van der Waals surface area contributed by atoms with Gasteiger partial charge in [-0.25, -0.2) is 0 Å². The predicted molar refractivity (Wildman–Crippen MR) is 146 cm³/mol. The summed E-state index contributed by atoms with van der Waals surface area (Å²) in [7, 11) is 0. The first-order valence-electron chi connectivity index (χ1n) is 11.9. The highest BCUT2D eigenvalue weighted by molar-refractivity contribution is 5.78. The number of rotatable bonds is 9. The van der Waals surface area contributed by atoms with Gasteiger partial charge < -0.3 is 24.6 Å². The summed E-state index contributed by atoms with van der Waals surface area (Å²) in [6.45, 7) is 5.24. The van der Waals surface area contributed by atoms with Crippen molar-refractivity contribution in [1.82, 2.24) is 0 Å². The van der Waals surface area contributed by atoms with Crippen molar-refractivity contribution in [3.63, 3.8) is 0 Å².